The molecule has 0 saturated heterocycles. The molecule has 0 aromatic heterocycles. The Balaban J connectivity index is 2.11. The second-order valence-corrected chi connectivity index (χ2v) is 4.90. The van der Waals surface area contributed by atoms with E-state index >= 15 is 0 Å². The third-order valence-electron chi connectivity index (χ3n) is 2.73. The molecule has 17 heavy (non-hydrogen) atoms. The Morgan fingerprint density at radius 2 is 2.18 bits per heavy atom. The summed E-state index contributed by atoms with van der Waals surface area (Å²) in [7, 11) is 1.43. The summed E-state index contributed by atoms with van der Waals surface area (Å²) in [6.45, 7) is 1.04. The first kappa shape index (κ1) is 12.2. The monoisotopic (exact) mass is 250 g/mol. The maximum Gasteiger partial charge on any atom is 0.316 e. The minimum Gasteiger partial charge on any atom is -0.468 e. The van der Waals surface area contributed by atoms with Gasteiger partial charge in [0, 0.05) is 25.0 Å². The molecule has 0 atom stereocenters. The molecule has 3 nitrogen and oxygen atoms in total. The molecule has 1 heterocycles. The van der Waals surface area contributed by atoms with Crippen LogP contribution in [0.15, 0.2) is 30.3 Å². The van der Waals surface area contributed by atoms with E-state index in [4.69, 9.17) is 0 Å². The summed E-state index contributed by atoms with van der Waals surface area (Å²) in [6, 6.07) is 10.3. The van der Waals surface area contributed by atoms with Crippen molar-refractivity contribution >= 4 is 28.5 Å². The van der Waals surface area contributed by atoms with Crippen molar-refractivity contribution in [2.75, 3.05) is 19.4 Å². The van der Waals surface area contributed by atoms with Crippen LogP contribution >= 0.6 is 11.8 Å². The Morgan fingerprint density at radius 1 is 1.41 bits per heavy atom. The lowest BCUT2D eigenvalue weighted by atomic mass is 10.3. The topological polar surface area (TPSA) is 29.3 Å². The molecule has 0 unspecified atom stereocenters. The standard InChI is InChI=1S/C13H16NO2S/c1-16-13(15)10-17-12-8-5-9-14(12)11-6-3-2-4-7-11/h2-4,6-7H,5,8-10H2,1H3/q+1. The van der Waals surface area contributed by atoms with Gasteiger partial charge in [0.15, 0.2) is 0 Å². The number of thioether (sulfide) groups is 1. The molecule has 1 aliphatic rings. The highest BCUT2D eigenvalue weighted by atomic mass is 32.2. The molecule has 0 spiro atoms. The number of benzene rings is 1. The zero-order valence-corrected chi connectivity index (χ0v) is 10.7. The van der Waals surface area contributed by atoms with Crippen molar-refractivity contribution in [2.24, 2.45) is 0 Å². The second kappa shape index (κ2) is 5.87. The Labute approximate surface area is 105 Å². The first-order valence-electron chi connectivity index (χ1n) is 5.69. The highest BCUT2D eigenvalue weighted by molar-refractivity contribution is 8.14. The molecule has 1 aromatic carbocycles. The number of ether oxygens (including phenoxy) is 1. The average Bonchev–Trinajstić information content (AvgIpc) is 2.85. The smallest absolute Gasteiger partial charge is 0.316 e. The van der Waals surface area contributed by atoms with Gasteiger partial charge in [0.2, 0.25) is 10.7 Å². The van der Waals surface area contributed by atoms with Gasteiger partial charge in [0.25, 0.3) is 0 Å². The minimum atomic E-state index is -0.164. The number of carbonyl (C=O) groups excluding carboxylic acids is 1. The first-order valence-corrected chi connectivity index (χ1v) is 6.68. The summed E-state index contributed by atoms with van der Waals surface area (Å²) in [5, 5.41) is 1.27. The number of nitrogens with zero attached hydrogens (tertiary/aromatic N) is 1. The van der Waals surface area contributed by atoms with E-state index in [2.05, 4.69) is 21.4 Å². The van der Waals surface area contributed by atoms with Crippen LogP contribution in [0.25, 0.3) is 0 Å². The first-order chi connectivity index (χ1) is 8.31. The molecule has 0 radical (unpaired) electrons. The van der Waals surface area contributed by atoms with E-state index in [0.29, 0.717) is 5.75 Å². The van der Waals surface area contributed by atoms with Crippen molar-refractivity contribution in [3.05, 3.63) is 30.3 Å². The summed E-state index contributed by atoms with van der Waals surface area (Å²) in [5.74, 6) is 0.234. The Hall–Kier alpha value is -1.29. The van der Waals surface area contributed by atoms with Crippen LogP contribution in [0.3, 0.4) is 0 Å². The lowest BCUT2D eigenvalue weighted by Crippen LogP contribution is -2.10. The third-order valence-corrected chi connectivity index (χ3v) is 3.86. The van der Waals surface area contributed by atoms with Crippen LogP contribution in [-0.2, 0) is 9.53 Å². The summed E-state index contributed by atoms with van der Waals surface area (Å²) >= 11 is 1.59. The number of hydrogen-bond donors (Lipinski definition) is 0. The molecular weight excluding hydrogens is 234 g/mol. The number of hydrogen-bond acceptors (Lipinski definition) is 3. The average molecular weight is 250 g/mol. The zero-order valence-electron chi connectivity index (χ0n) is 9.89. The highest BCUT2D eigenvalue weighted by Crippen LogP contribution is 2.23. The van der Waals surface area contributed by atoms with Crippen LogP contribution < -0.4 is 0 Å². The molecule has 90 valence electrons. The Bertz CT molecular complexity index is 428. The molecule has 0 N–H and O–H groups in total. The molecule has 0 saturated carbocycles. The summed E-state index contributed by atoms with van der Waals surface area (Å²) in [4.78, 5) is 11.1. The van der Waals surface area contributed by atoms with Gasteiger partial charge in [0.1, 0.15) is 12.3 Å². The highest BCUT2D eigenvalue weighted by Gasteiger charge is 2.25. The van der Waals surface area contributed by atoms with Crippen molar-refractivity contribution in [2.45, 2.75) is 12.8 Å². The van der Waals surface area contributed by atoms with E-state index in [9.17, 15) is 4.79 Å². The second-order valence-electron chi connectivity index (χ2n) is 3.85. The molecule has 4 heteroatoms. The van der Waals surface area contributed by atoms with Gasteiger partial charge in [-0.25, -0.2) is 0 Å². The van der Waals surface area contributed by atoms with E-state index in [1.54, 1.807) is 11.8 Å². The molecular formula is C13H16NO2S+. The summed E-state index contributed by atoms with van der Waals surface area (Å²) < 4.78 is 6.94. The predicted octanol–water partition coefficient (Wildman–Crippen LogP) is 2.43. The van der Waals surface area contributed by atoms with Gasteiger partial charge in [0.05, 0.1) is 7.11 Å². The fourth-order valence-corrected chi connectivity index (χ4v) is 2.92. The van der Waals surface area contributed by atoms with Crippen molar-refractivity contribution in [1.29, 1.82) is 0 Å². The van der Waals surface area contributed by atoms with Crippen LogP contribution in [0, 0.1) is 0 Å². The summed E-state index contributed by atoms with van der Waals surface area (Å²) in [6.07, 6.45) is 2.20. The van der Waals surface area contributed by atoms with Crippen LogP contribution in [0.1, 0.15) is 12.8 Å². The number of rotatable bonds is 3. The molecule has 2 rings (SSSR count). The minimum absolute atomic E-state index is 0.164. The maximum absolute atomic E-state index is 11.1. The van der Waals surface area contributed by atoms with E-state index in [1.165, 1.54) is 17.8 Å². The molecule has 0 aliphatic carbocycles. The summed E-state index contributed by atoms with van der Waals surface area (Å²) in [5.41, 5.74) is 1.21. The largest absolute Gasteiger partial charge is 0.468 e. The van der Waals surface area contributed by atoms with Crippen LogP contribution in [-0.4, -0.2) is 35.0 Å². The fraction of sp³-hybridized carbons (Fsp3) is 0.385. The lowest BCUT2D eigenvalue weighted by molar-refractivity contribution is -0.428. The van der Waals surface area contributed by atoms with E-state index in [-0.39, 0.29) is 5.97 Å². The quantitative estimate of drug-likeness (QED) is 0.609. The van der Waals surface area contributed by atoms with Gasteiger partial charge in [-0.3, -0.25) is 4.79 Å². The van der Waals surface area contributed by atoms with Gasteiger partial charge in [-0.2, -0.15) is 4.58 Å². The Kier molecular flexibility index (Phi) is 4.20. The van der Waals surface area contributed by atoms with Crippen molar-refractivity contribution in [1.82, 2.24) is 0 Å². The van der Waals surface area contributed by atoms with Crippen LogP contribution in [0.2, 0.25) is 0 Å². The fourth-order valence-electron chi connectivity index (χ4n) is 1.88. The van der Waals surface area contributed by atoms with E-state index < -0.39 is 0 Å². The number of methoxy groups -OCH3 is 1. The van der Waals surface area contributed by atoms with Gasteiger partial charge in [-0.15, -0.1) is 0 Å². The van der Waals surface area contributed by atoms with Gasteiger partial charge >= 0.3 is 5.97 Å². The number of para-hydroxylation sites is 1. The number of carbonyl (C=O) groups is 1. The molecule has 0 fully saturated rings. The zero-order chi connectivity index (χ0) is 12.1. The van der Waals surface area contributed by atoms with E-state index in [1.807, 2.05) is 18.2 Å². The lowest BCUT2D eigenvalue weighted by Gasteiger charge is -2.01. The molecule has 1 aliphatic heterocycles. The van der Waals surface area contributed by atoms with Crippen molar-refractivity contribution < 1.29 is 14.1 Å². The van der Waals surface area contributed by atoms with Gasteiger partial charge < -0.3 is 4.74 Å². The van der Waals surface area contributed by atoms with Crippen molar-refractivity contribution in [3.8, 4) is 0 Å². The van der Waals surface area contributed by atoms with Gasteiger partial charge in [-0.1, -0.05) is 30.0 Å². The normalized spacial score (nSPS) is 15.1. The van der Waals surface area contributed by atoms with Crippen LogP contribution in [0.5, 0.6) is 0 Å². The van der Waals surface area contributed by atoms with Gasteiger partial charge in [-0.05, 0) is 0 Å². The molecule has 1 aromatic rings. The van der Waals surface area contributed by atoms with Crippen LogP contribution in [0.4, 0.5) is 5.69 Å². The maximum atomic E-state index is 11.1. The third kappa shape index (κ3) is 3.09. The molecule has 0 amide bonds. The Morgan fingerprint density at radius 3 is 2.88 bits per heavy atom. The SMILES string of the molecule is COC(=O)CSC1=[N+](c2ccccc2)CCC1. The predicted molar refractivity (Wildman–Crippen MR) is 69.9 cm³/mol. The van der Waals surface area contributed by atoms with Crippen molar-refractivity contribution in [3.63, 3.8) is 0 Å². The van der Waals surface area contributed by atoms with E-state index in [0.717, 1.165) is 19.4 Å². The molecule has 0 bridgehead atoms. The number of esters is 1.